The minimum absolute atomic E-state index is 0.0318. The lowest BCUT2D eigenvalue weighted by Crippen LogP contribution is -2.07. The first-order valence-electron chi connectivity index (χ1n) is 2.75. The van der Waals surface area contributed by atoms with Crippen molar-refractivity contribution in [1.82, 2.24) is 0 Å². The Morgan fingerprint density at radius 1 is 1.90 bits per heavy atom. The number of esters is 1. The highest BCUT2D eigenvalue weighted by Gasteiger charge is 2.03. The fourth-order valence-electron chi connectivity index (χ4n) is 0.346. The molecule has 0 unspecified atom stereocenters. The van der Waals surface area contributed by atoms with E-state index in [-0.39, 0.29) is 12.2 Å². The fourth-order valence-corrected chi connectivity index (χ4v) is 0.346. The summed E-state index contributed by atoms with van der Waals surface area (Å²) in [6.07, 6.45) is 0.929. The van der Waals surface area contributed by atoms with Crippen LogP contribution in [0.15, 0.2) is 17.3 Å². The van der Waals surface area contributed by atoms with Crippen LogP contribution >= 0.6 is 0 Å². The average molecular weight is 143 g/mol. The molecule has 0 atom stereocenters. The smallest absolute Gasteiger partial charge is 0.339 e. The van der Waals surface area contributed by atoms with Crippen LogP contribution in [0, 0.1) is 0 Å². The standard InChI is InChI=1S/C6H9NO3/c1-3-10-6(8)5(2)4-7-9/h4,9H,2-3H2,1H3/b7-4+. The maximum atomic E-state index is 10.6. The molecule has 0 aliphatic heterocycles. The summed E-state index contributed by atoms with van der Waals surface area (Å²) in [5.74, 6) is -0.569. The van der Waals surface area contributed by atoms with Crippen LogP contribution < -0.4 is 0 Å². The summed E-state index contributed by atoms with van der Waals surface area (Å²) in [7, 11) is 0. The zero-order valence-electron chi connectivity index (χ0n) is 5.70. The van der Waals surface area contributed by atoms with Gasteiger partial charge in [0.25, 0.3) is 0 Å². The van der Waals surface area contributed by atoms with Crippen molar-refractivity contribution in [2.75, 3.05) is 6.61 Å². The van der Waals surface area contributed by atoms with Crippen LogP contribution in [0.1, 0.15) is 6.92 Å². The Kier molecular flexibility index (Phi) is 3.95. The van der Waals surface area contributed by atoms with E-state index in [0.29, 0.717) is 0 Å². The van der Waals surface area contributed by atoms with Gasteiger partial charge in [0, 0.05) is 0 Å². The average Bonchev–Trinajstić information content (AvgIpc) is 1.89. The molecule has 0 amide bonds. The van der Waals surface area contributed by atoms with E-state index < -0.39 is 5.97 Å². The van der Waals surface area contributed by atoms with Gasteiger partial charge < -0.3 is 9.94 Å². The molecule has 10 heavy (non-hydrogen) atoms. The van der Waals surface area contributed by atoms with E-state index in [1.165, 1.54) is 0 Å². The lowest BCUT2D eigenvalue weighted by molar-refractivity contribution is -0.137. The zero-order valence-corrected chi connectivity index (χ0v) is 5.70. The van der Waals surface area contributed by atoms with Gasteiger partial charge in [0.1, 0.15) is 0 Å². The van der Waals surface area contributed by atoms with E-state index in [9.17, 15) is 4.79 Å². The summed E-state index contributed by atoms with van der Waals surface area (Å²) < 4.78 is 4.52. The summed E-state index contributed by atoms with van der Waals surface area (Å²) in [5, 5.41) is 10.6. The van der Waals surface area contributed by atoms with E-state index in [2.05, 4.69) is 16.5 Å². The second-order valence-electron chi connectivity index (χ2n) is 1.49. The maximum absolute atomic E-state index is 10.6. The lowest BCUT2D eigenvalue weighted by Gasteiger charge is -1.97. The van der Waals surface area contributed by atoms with Crippen molar-refractivity contribution in [2.24, 2.45) is 5.16 Å². The second-order valence-corrected chi connectivity index (χ2v) is 1.49. The highest BCUT2D eigenvalue weighted by Crippen LogP contribution is 1.89. The monoisotopic (exact) mass is 143 g/mol. The summed E-state index contributed by atoms with van der Waals surface area (Å²) in [6.45, 7) is 5.25. The summed E-state index contributed by atoms with van der Waals surface area (Å²) in [6, 6.07) is 0. The van der Waals surface area contributed by atoms with Gasteiger partial charge in [-0.3, -0.25) is 0 Å². The van der Waals surface area contributed by atoms with Crippen LogP contribution in [0.5, 0.6) is 0 Å². The van der Waals surface area contributed by atoms with E-state index in [4.69, 9.17) is 5.21 Å². The van der Waals surface area contributed by atoms with Crippen LogP contribution in [-0.2, 0) is 9.53 Å². The molecular weight excluding hydrogens is 134 g/mol. The van der Waals surface area contributed by atoms with Gasteiger partial charge in [0.15, 0.2) is 0 Å². The first kappa shape index (κ1) is 8.68. The van der Waals surface area contributed by atoms with Crippen LogP contribution in [0.3, 0.4) is 0 Å². The van der Waals surface area contributed by atoms with Crippen molar-refractivity contribution in [2.45, 2.75) is 6.92 Å². The quantitative estimate of drug-likeness (QED) is 0.206. The van der Waals surface area contributed by atoms with Gasteiger partial charge in [-0.25, -0.2) is 4.79 Å². The van der Waals surface area contributed by atoms with E-state index >= 15 is 0 Å². The van der Waals surface area contributed by atoms with Crippen molar-refractivity contribution >= 4 is 12.2 Å². The van der Waals surface area contributed by atoms with Gasteiger partial charge in [-0.1, -0.05) is 11.7 Å². The van der Waals surface area contributed by atoms with Crippen molar-refractivity contribution in [1.29, 1.82) is 0 Å². The number of ether oxygens (including phenoxy) is 1. The topological polar surface area (TPSA) is 58.9 Å². The molecule has 4 nitrogen and oxygen atoms in total. The molecule has 0 heterocycles. The molecule has 0 spiro atoms. The molecule has 4 heteroatoms. The predicted octanol–water partition coefficient (Wildman–Crippen LogP) is 0.566. The highest BCUT2D eigenvalue weighted by molar-refractivity contribution is 6.08. The Hall–Kier alpha value is -1.32. The number of hydrogen-bond donors (Lipinski definition) is 1. The molecule has 0 aliphatic rings. The maximum Gasteiger partial charge on any atom is 0.339 e. The first-order chi connectivity index (χ1) is 4.72. The van der Waals surface area contributed by atoms with E-state index in [0.717, 1.165) is 6.21 Å². The molecule has 0 aliphatic carbocycles. The third kappa shape index (κ3) is 2.86. The normalized spacial score (nSPS) is 9.70. The molecular formula is C6H9NO3. The Bertz CT molecular complexity index is 162. The minimum atomic E-state index is -0.569. The van der Waals surface area contributed by atoms with E-state index in [1.807, 2.05) is 0 Å². The second kappa shape index (κ2) is 4.55. The molecule has 0 aromatic heterocycles. The summed E-state index contributed by atoms with van der Waals surface area (Å²) >= 11 is 0. The Balaban J connectivity index is 3.83. The summed E-state index contributed by atoms with van der Waals surface area (Å²) in [5.41, 5.74) is 0.0318. The Labute approximate surface area is 58.8 Å². The van der Waals surface area contributed by atoms with Crippen molar-refractivity contribution < 1.29 is 14.7 Å². The van der Waals surface area contributed by atoms with Crippen molar-refractivity contribution in [3.63, 3.8) is 0 Å². The minimum Gasteiger partial charge on any atom is -0.462 e. The van der Waals surface area contributed by atoms with Crippen molar-refractivity contribution in [3.8, 4) is 0 Å². The molecule has 0 aromatic carbocycles. The van der Waals surface area contributed by atoms with Gasteiger partial charge in [0.05, 0.1) is 18.4 Å². The molecule has 1 N–H and O–H groups in total. The number of oxime groups is 1. The lowest BCUT2D eigenvalue weighted by atomic mass is 10.3. The number of rotatable bonds is 3. The van der Waals surface area contributed by atoms with Gasteiger partial charge >= 0.3 is 5.97 Å². The molecule has 0 bridgehead atoms. The van der Waals surface area contributed by atoms with E-state index in [1.54, 1.807) is 6.92 Å². The molecule has 0 radical (unpaired) electrons. The zero-order chi connectivity index (χ0) is 7.98. The van der Waals surface area contributed by atoms with Crippen LogP contribution in [0.4, 0.5) is 0 Å². The summed E-state index contributed by atoms with van der Waals surface area (Å²) in [4.78, 5) is 10.6. The first-order valence-corrected chi connectivity index (χ1v) is 2.75. The Morgan fingerprint density at radius 3 is 2.90 bits per heavy atom. The number of carbonyl (C=O) groups excluding carboxylic acids is 1. The molecule has 0 rings (SSSR count). The van der Waals surface area contributed by atoms with Gasteiger partial charge in [-0.2, -0.15) is 0 Å². The third-order valence-corrected chi connectivity index (χ3v) is 0.751. The number of carbonyl (C=O) groups is 1. The van der Waals surface area contributed by atoms with Crippen LogP contribution in [-0.4, -0.2) is 24.0 Å². The molecule has 0 saturated heterocycles. The number of hydrogen-bond acceptors (Lipinski definition) is 4. The van der Waals surface area contributed by atoms with Gasteiger partial charge in [-0.05, 0) is 6.92 Å². The SMILES string of the molecule is C=C(/C=N/O)C(=O)OCC. The highest BCUT2D eigenvalue weighted by atomic mass is 16.5. The largest absolute Gasteiger partial charge is 0.462 e. The van der Waals surface area contributed by atoms with Crippen LogP contribution in [0.25, 0.3) is 0 Å². The molecule has 0 aromatic rings. The Morgan fingerprint density at radius 2 is 2.50 bits per heavy atom. The predicted molar refractivity (Wildman–Crippen MR) is 36.1 cm³/mol. The van der Waals surface area contributed by atoms with Crippen molar-refractivity contribution in [3.05, 3.63) is 12.2 Å². The molecule has 56 valence electrons. The molecule has 0 saturated carbocycles. The van der Waals surface area contributed by atoms with Gasteiger partial charge in [0.2, 0.25) is 0 Å². The molecule has 0 fully saturated rings. The number of nitrogens with zero attached hydrogens (tertiary/aromatic N) is 1. The fraction of sp³-hybridized carbons (Fsp3) is 0.333. The van der Waals surface area contributed by atoms with Crippen LogP contribution in [0.2, 0.25) is 0 Å². The van der Waals surface area contributed by atoms with Gasteiger partial charge in [-0.15, -0.1) is 0 Å². The third-order valence-electron chi connectivity index (χ3n) is 0.751.